The van der Waals surface area contributed by atoms with E-state index >= 15 is 0 Å². The zero-order valence-corrected chi connectivity index (χ0v) is 18.3. The fraction of sp³-hybridized carbons (Fsp3) is 0.682. The Morgan fingerprint density at radius 3 is 2.61 bits per heavy atom. The van der Waals surface area contributed by atoms with Gasteiger partial charge in [-0.25, -0.2) is 4.98 Å². The van der Waals surface area contributed by atoms with Crippen molar-refractivity contribution in [2.45, 2.75) is 25.8 Å². The number of nitrogens with two attached hydrogens (primary N) is 1. The number of piperazine rings is 1. The first-order chi connectivity index (χ1) is 15.0. The summed E-state index contributed by atoms with van der Waals surface area (Å²) < 4.78 is 5.36. The number of primary amides is 1. The van der Waals surface area contributed by atoms with Gasteiger partial charge in [0, 0.05) is 51.9 Å². The largest absolute Gasteiger partial charge is 0.379 e. The van der Waals surface area contributed by atoms with Crippen molar-refractivity contribution in [1.29, 1.82) is 0 Å². The highest BCUT2D eigenvalue weighted by atomic mass is 16.5. The van der Waals surface area contributed by atoms with Gasteiger partial charge < -0.3 is 25.2 Å². The van der Waals surface area contributed by atoms with Crippen molar-refractivity contribution in [1.82, 2.24) is 14.8 Å². The minimum atomic E-state index is -0.336. The number of ether oxygens (including phenoxy) is 1. The van der Waals surface area contributed by atoms with Crippen LogP contribution in [0.5, 0.6) is 0 Å². The number of hydrogen-bond donors (Lipinski definition) is 1. The molecule has 4 heterocycles. The highest BCUT2D eigenvalue weighted by Crippen LogP contribution is 2.28. The van der Waals surface area contributed by atoms with Crippen molar-refractivity contribution in [3.63, 3.8) is 0 Å². The summed E-state index contributed by atoms with van der Waals surface area (Å²) in [5.41, 5.74) is 5.67. The van der Waals surface area contributed by atoms with E-state index in [0.29, 0.717) is 44.6 Å². The summed E-state index contributed by atoms with van der Waals surface area (Å²) >= 11 is 0. The molecule has 0 spiro atoms. The van der Waals surface area contributed by atoms with Gasteiger partial charge in [0.1, 0.15) is 17.7 Å². The Balaban J connectivity index is 1.36. The van der Waals surface area contributed by atoms with E-state index in [2.05, 4.69) is 22.8 Å². The minimum Gasteiger partial charge on any atom is -0.379 e. The number of carbonyl (C=O) groups excluding carboxylic acids is 2. The van der Waals surface area contributed by atoms with Gasteiger partial charge in [-0.15, -0.1) is 0 Å². The second kappa shape index (κ2) is 9.82. The third-order valence-corrected chi connectivity index (χ3v) is 6.55. The number of morpholine rings is 1. The average molecular weight is 430 g/mol. The fourth-order valence-corrected chi connectivity index (χ4v) is 4.59. The van der Waals surface area contributed by atoms with E-state index in [9.17, 15) is 9.59 Å². The molecule has 1 aromatic heterocycles. The molecule has 0 saturated carbocycles. The molecule has 0 bridgehead atoms. The molecule has 3 fully saturated rings. The highest BCUT2D eigenvalue weighted by Gasteiger charge is 2.32. The third-order valence-electron chi connectivity index (χ3n) is 6.55. The predicted molar refractivity (Wildman–Crippen MR) is 118 cm³/mol. The van der Waals surface area contributed by atoms with Gasteiger partial charge in [-0.3, -0.25) is 14.5 Å². The summed E-state index contributed by atoms with van der Waals surface area (Å²) in [6.45, 7) is 9.26. The quantitative estimate of drug-likeness (QED) is 0.701. The summed E-state index contributed by atoms with van der Waals surface area (Å²) in [5.74, 6) is 1.89. The Labute approximate surface area is 184 Å². The van der Waals surface area contributed by atoms with Crippen LogP contribution in [0.15, 0.2) is 12.1 Å². The number of amides is 2. The minimum absolute atomic E-state index is 0.184. The number of piperidine rings is 1. The lowest BCUT2D eigenvalue weighted by atomic mass is 9.92. The zero-order chi connectivity index (χ0) is 21.8. The average Bonchev–Trinajstić information content (AvgIpc) is 2.80. The molecule has 2 atom stereocenters. The maximum Gasteiger partial charge on any atom is 0.240 e. The standard InChI is InChI=1S/C22H33N6O3/c1-17-5-6-28(18(15-17)22(23)30)20-4-2-3-19(24-20)26-7-9-27(10-8-26)21(29)16-25-11-13-31-14-12-25/h2-3,17-18H,5-16H2,1H3,(H2,23,30). The molecule has 3 aliphatic heterocycles. The monoisotopic (exact) mass is 429 g/mol. The number of rotatable bonds is 5. The smallest absolute Gasteiger partial charge is 0.240 e. The van der Waals surface area contributed by atoms with Crippen LogP contribution in [-0.4, -0.2) is 98.2 Å². The molecule has 1 aromatic rings. The molecule has 2 N–H and O–H groups in total. The van der Waals surface area contributed by atoms with Gasteiger partial charge in [-0.2, -0.15) is 0 Å². The Morgan fingerprint density at radius 1 is 1.16 bits per heavy atom. The van der Waals surface area contributed by atoms with Crippen molar-refractivity contribution in [2.24, 2.45) is 11.7 Å². The van der Waals surface area contributed by atoms with Crippen LogP contribution in [0, 0.1) is 12.0 Å². The van der Waals surface area contributed by atoms with E-state index in [-0.39, 0.29) is 17.9 Å². The van der Waals surface area contributed by atoms with E-state index in [1.54, 1.807) is 0 Å². The van der Waals surface area contributed by atoms with Crippen molar-refractivity contribution in [3.8, 4) is 0 Å². The van der Waals surface area contributed by atoms with Gasteiger partial charge in [-0.05, 0) is 30.9 Å². The molecule has 3 aliphatic rings. The first-order valence-electron chi connectivity index (χ1n) is 11.3. The molecule has 3 saturated heterocycles. The molecule has 1 radical (unpaired) electrons. The first-order valence-corrected chi connectivity index (χ1v) is 11.3. The Morgan fingerprint density at radius 2 is 1.90 bits per heavy atom. The summed E-state index contributed by atoms with van der Waals surface area (Å²) in [7, 11) is 0. The summed E-state index contributed by atoms with van der Waals surface area (Å²) in [6, 6.07) is 6.66. The highest BCUT2D eigenvalue weighted by molar-refractivity contribution is 5.83. The summed E-state index contributed by atoms with van der Waals surface area (Å²) in [5, 5.41) is 0. The maximum atomic E-state index is 12.7. The molecule has 31 heavy (non-hydrogen) atoms. The molecule has 2 unspecified atom stereocenters. The van der Waals surface area contributed by atoms with Crippen LogP contribution in [-0.2, 0) is 14.3 Å². The second-order valence-corrected chi connectivity index (χ2v) is 8.77. The van der Waals surface area contributed by atoms with Crippen molar-refractivity contribution in [3.05, 3.63) is 18.2 Å². The van der Waals surface area contributed by atoms with E-state index in [1.165, 1.54) is 0 Å². The molecule has 169 valence electrons. The van der Waals surface area contributed by atoms with Gasteiger partial charge in [0.15, 0.2) is 0 Å². The molecule has 4 rings (SSSR count). The van der Waals surface area contributed by atoms with E-state index in [1.807, 2.05) is 21.9 Å². The Kier molecular flexibility index (Phi) is 6.92. The Hall–Kier alpha value is -2.39. The first kappa shape index (κ1) is 21.8. The maximum absolute atomic E-state index is 12.7. The van der Waals surface area contributed by atoms with Gasteiger partial charge >= 0.3 is 0 Å². The van der Waals surface area contributed by atoms with E-state index < -0.39 is 0 Å². The van der Waals surface area contributed by atoms with Gasteiger partial charge in [0.25, 0.3) is 0 Å². The number of hydrogen-bond acceptors (Lipinski definition) is 7. The lowest BCUT2D eigenvalue weighted by Gasteiger charge is -2.39. The molecule has 9 nitrogen and oxygen atoms in total. The van der Waals surface area contributed by atoms with Gasteiger partial charge in [0.2, 0.25) is 11.8 Å². The molecule has 0 aliphatic carbocycles. The Bertz CT molecular complexity index is 776. The van der Waals surface area contributed by atoms with Crippen LogP contribution >= 0.6 is 0 Å². The van der Waals surface area contributed by atoms with Crippen molar-refractivity contribution >= 4 is 23.5 Å². The molecule has 9 heteroatoms. The second-order valence-electron chi connectivity index (χ2n) is 8.77. The van der Waals surface area contributed by atoms with E-state index in [0.717, 1.165) is 51.4 Å². The van der Waals surface area contributed by atoms with Crippen LogP contribution in [0.25, 0.3) is 0 Å². The number of nitrogens with zero attached hydrogens (tertiary/aromatic N) is 5. The lowest BCUT2D eigenvalue weighted by Crippen LogP contribution is -2.52. The number of pyridine rings is 1. The number of anilines is 2. The lowest BCUT2D eigenvalue weighted by molar-refractivity contribution is -0.133. The van der Waals surface area contributed by atoms with E-state index in [4.69, 9.17) is 15.5 Å². The molecular weight excluding hydrogens is 396 g/mol. The van der Waals surface area contributed by atoms with Crippen LogP contribution in [0.4, 0.5) is 11.6 Å². The zero-order valence-electron chi connectivity index (χ0n) is 18.3. The SMILES string of the molecule is CC1CCN(c2[c]ccc(N3CCN(C(=O)CN4CCOCC4)CC3)n2)C(C(N)=O)C1. The van der Waals surface area contributed by atoms with Crippen LogP contribution in [0.3, 0.4) is 0 Å². The topological polar surface area (TPSA) is 95.2 Å². The van der Waals surface area contributed by atoms with Crippen molar-refractivity contribution < 1.29 is 14.3 Å². The van der Waals surface area contributed by atoms with Gasteiger partial charge in [-0.1, -0.05) is 6.92 Å². The number of carbonyl (C=O) groups is 2. The third kappa shape index (κ3) is 5.27. The number of aromatic nitrogens is 1. The van der Waals surface area contributed by atoms with Crippen molar-refractivity contribution in [2.75, 3.05) is 75.4 Å². The van der Waals surface area contributed by atoms with Gasteiger partial charge in [0.05, 0.1) is 19.8 Å². The fourth-order valence-electron chi connectivity index (χ4n) is 4.59. The predicted octanol–water partition coefficient (Wildman–Crippen LogP) is -0.0472. The van der Waals surface area contributed by atoms with Crippen LogP contribution in [0.1, 0.15) is 19.8 Å². The summed E-state index contributed by atoms with van der Waals surface area (Å²) in [6.07, 6.45) is 1.76. The molecular formula is C22H33N6O3. The molecule has 2 amide bonds. The summed E-state index contributed by atoms with van der Waals surface area (Å²) in [4.78, 5) is 37.7. The normalized spacial score (nSPS) is 25.5. The van der Waals surface area contributed by atoms with Crippen LogP contribution in [0.2, 0.25) is 0 Å². The molecule has 0 aromatic carbocycles. The van der Waals surface area contributed by atoms with Crippen LogP contribution < -0.4 is 15.5 Å².